The largest absolute Gasteiger partial charge is 0.337 e. The Morgan fingerprint density at radius 1 is 1.38 bits per heavy atom. The van der Waals surface area contributed by atoms with Crippen LogP contribution in [-0.4, -0.2) is 53.8 Å². The average molecular weight is 350 g/mol. The van der Waals surface area contributed by atoms with E-state index in [4.69, 9.17) is 0 Å². The highest BCUT2D eigenvalue weighted by atomic mass is 32.2. The van der Waals surface area contributed by atoms with Gasteiger partial charge in [-0.05, 0) is 18.9 Å². The minimum Gasteiger partial charge on any atom is -0.337 e. The first-order chi connectivity index (χ1) is 11.4. The molecule has 0 aliphatic carbocycles. The molecule has 1 saturated heterocycles. The van der Waals surface area contributed by atoms with E-state index >= 15 is 0 Å². The third kappa shape index (κ3) is 3.25. The number of hydrogen-bond donors (Lipinski definition) is 2. The number of hydrogen-bond acceptors (Lipinski definition) is 5. The van der Waals surface area contributed by atoms with Gasteiger partial charge < -0.3 is 9.88 Å². The number of amides is 1. The van der Waals surface area contributed by atoms with Gasteiger partial charge in [-0.2, -0.15) is 5.10 Å². The maximum absolute atomic E-state index is 12.6. The quantitative estimate of drug-likeness (QED) is 0.837. The summed E-state index contributed by atoms with van der Waals surface area (Å²) in [5.74, 6) is -0.400. The van der Waals surface area contributed by atoms with Gasteiger partial charge in [0.1, 0.15) is 10.6 Å². The Kier molecular flexibility index (Phi) is 4.27. The topological polar surface area (TPSA) is 116 Å². The van der Waals surface area contributed by atoms with Crippen LogP contribution in [0.5, 0.6) is 0 Å². The first-order valence-corrected chi connectivity index (χ1v) is 9.47. The maximum atomic E-state index is 12.6. The third-order valence-corrected chi connectivity index (χ3v) is 5.27. The zero-order valence-corrected chi connectivity index (χ0v) is 14.0. The fourth-order valence-electron chi connectivity index (χ4n) is 3.01. The van der Waals surface area contributed by atoms with E-state index in [9.17, 15) is 18.0 Å². The molecule has 24 heavy (non-hydrogen) atoms. The van der Waals surface area contributed by atoms with Crippen molar-refractivity contribution in [2.24, 2.45) is 0 Å². The Balaban J connectivity index is 1.84. The summed E-state index contributed by atoms with van der Waals surface area (Å²) >= 11 is 0. The predicted molar refractivity (Wildman–Crippen MR) is 86.6 cm³/mol. The lowest BCUT2D eigenvalue weighted by Crippen LogP contribution is -2.40. The molecule has 2 N–H and O–H groups in total. The van der Waals surface area contributed by atoms with Gasteiger partial charge in [0, 0.05) is 31.3 Å². The highest BCUT2D eigenvalue weighted by Gasteiger charge is 2.30. The predicted octanol–water partition coefficient (Wildman–Crippen LogP) is 0.521. The van der Waals surface area contributed by atoms with E-state index in [-0.39, 0.29) is 28.0 Å². The summed E-state index contributed by atoms with van der Waals surface area (Å²) in [6, 6.07) is 4.44. The van der Waals surface area contributed by atoms with Crippen LogP contribution in [0, 0.1) is 0 Å². The fraction of sp³-hybridized carbons (Fsp3) is 0.400. The van der Waals surface area contributed by atoms with Crippen LogP contribution in [0.2, 0.25) is 0 Å². The molecule has 2 aromatic rings. The number of rotatable bonds is 3. The molecule has 1 fully saturated rings. The summed E-state index contributed by atoms with van der Waals surface area (Å²) in [6.45, 7) is 0.940. The number of piperidine rings is 1. The smallest absolute Gasteiger partial charge is 0.270 e. The van der Waals surface area contributed by atoms with Crippen molar-refractivity contribution in [2.75, 3.05) is 19.3 Å². The van der Waals surface area contributed by atoms with Crippen molar-refractivity contribution in [3.8, 4) is 0 Å². The maximum Gasteiger partial charge on any atom is 0.270 e. The summed E-state index contributed by atoms with van der Waals surface area (Å²) in [5.41, 5.74) is 0.440. The van der Waals surface area contributed by atoms with E-state index in [1.54, 1.807) is 11.0 Å². The number of nitrogens with zero attached hydrogens (tertiary/aromatic N) is 2. The SMILES string of the molecule is CS(=O)(=O)c1cn[nH]c1C1CCCN(C(=O)c2cccc(=O)[nH]2)C1. The van der Waals surface area contributed by atoms with Crippen molar-refractivity contribution < 1.29 is 13.2 Å². The van der Waals surface area contributed by atoms with E-state index in [1.165, 1.54) is 18.3 Å². The minimum absolute atomic E-state index is 0.134. The van der Waals surface area contributed by atoms with Crippen LogP contribution in [0.4, 0.5) is 0 Å². The molecule has 3 heterocycles. The molecule has 1 aliphatic heterocycles. The number of carbonyl (C=O) groups is 1. The van der Waals surface area contributed by atoms with E-state index in [1.807, 2.05) is 0 Å². The fourth-order valence-corrected chi connectivity index (χ4v) is 3.87. The number of carbonyl (C=O) groups excluding carboxylic acids is 1. The Bertz CT molecular complexity index is 915. The van der Waals surface area contributed by atoms with Crippen molar-refractivity contribution in [1.82, 2.24) is 20.1 Å². The van der Waals surface area contributed by atoms with Crippen molar-refractivity contribution in [1.29, 1.82) is 0 Å². The number of aromatic nitrogens is 3. The molecular formula is C15H18N4O4S. The number of aromatic amines is 2. The van der Waals surface area contributed by atoms with Gasteiger partial charge in [0.15, 0.2) is 9.84 Å². The van der Waals surface area contributed by atoms with Crippen molar-refractivity contribution in [3.05, 3.63) is 46.1 Å². The van der Waals surface area contributed by atoms with Crippen LogP contribution in [0.3, 0.4) is 0 Å². The van der Waals surface area contributed by atoms with Crippen molar-refractivity contribution >= 4 is 15.7 Å². The highest BCUT2D eigenvalue weighted by molar-refractivity contribution is 7.90. The Morgan fingerprint density at radius 2 is 2.17 bits per heavy atom. The minimum atomic E-state index is -3.38. The van der Waals surface area contributed by atoms with Gasteiger partial charge in [-0.1, -0.05) is 6.07 Å². The molecule has 0 spiro atoms. The van der Waals surface area contributed by atoms with Gasteiger partial charge in [0.25, 0.3) is 5.91 Å². The lowest BCUT2D eigenvalue weighted by Gasteiger charge is -2.32. The molecule has 1 atom stereocenters. The van der Waals surface area contributed by atoms with E-state index in [0.717, 1.165) is 19.1 Å². The van der Waals surface area contributed by atoms with Gasteiger partial charge in [-0.3, -0.25) is 14.7 Å². The number of nitrogens with one attached hydrogen (secondary N) is 2. The Hall–Kier alpha value is -2.42. The summed E-state index contributed by atoms with van der Waals surface area (Å²) in [4.78, 5) is 28.3. The summed E-state index contributed by atoms with van der Waals surface area (Å²) in [6.07, 6.45) is 3.96. The molecule has 0 radical (unpaired) electrons. The molecule has 8 nitrogen and oxygen atoms in total. The molecule has 3 rings (SSSR count). The molecule has 0 aromatic carbocycles. The molecule has 2 aromatic heterocycles. The van der Waals surface area contributed by atoms with E-state index < -0.39 is 9.84 Å². The monoisotopic (exact) mass is 350 g/mol. The summed E-state index contributed by atoms with van der Waals surface area (Å²) < 4.78 is 23.7. The standard InChI is InChI=1S/C15H18N4O4S/c1-24(22,23)12-8-16-18-14(12)10-4-3-7-19(9-10)15(21)11-5-2-6-13(20)17-11/h2,5-6,8,10H,3-4,7,9H2,1H3,(H,16,18)(H,17,20). The molecule has 9 heteroatoms. The molecule has 1 unspecified atom stereocenters. The van der Waals surface area contributed by atoms with Crippen LogP contribution >= 0.6 is 0 Å². The second-order valence-corrected chi connectivity index (χ2v) is 7.92. The highest BCUT2D eigenvalue weighted by Crippen LogP contribution is 2.30. The van der Waals surface area contributed by atoms with Gasteiger partial charge >= 0.3 is 0 Å². The summed E-state index contributed by atoms with van der Waals surface area (Å²) in [7, 11) is -3.38. The lowest BCUT2D eigenvalue weighted by molar-refractivity contribution is 0.0699. The first kappa shape index (κ1) is 16.4. The van der Waals surface area contributed by atoms with Gasteiger partial charge in [0.05, 0.1) is 11.9 Å². The number of H-pyrrole nitrogens is 2. The third-order valence-electron chi connectivity index (χ3n) is 4.15. The zero-order valence-electron chi connectivity index (χ0n) is 13.2. The lowest BCUT2D eigenvalue weighted by atomic mass is 9.94. The Morgan fingerprint density at radius 3 is 2.88 bits per heavy atom. The second-order valence-electron chi connectivity index (χ2n) is 5.94. The van der Waals surface area contributed by atoms with Crippen LogP contribution in [0.1, 0.15) is 34.9 Å². The normalized spacial score (nSPS) is 18.5. The van der Waals surface area contributed by atoms with Crippen LogP contribution in [-0.2, 0) is 9.84 Å². The molecular weight excluding hydrogens is 332 g/mol. The van der Waals surface area contributed by atoms with Crippen LogP contribution in [0.15, 0.2) is 34.1 Å². The molecule has 128 valence electrons. The average Bonchev–Trinajstić information content (AvgIpc) is 3.04. The van der Waals surface area contributed by atoms with Crippen molar-refractivity contribution in [3.63, 3.8) is 0 Å². The molecule has 1 amide bonds. The number of likely N-dealkylation sites (tertiary alicyclic amines) is 1. The van der Waals surface area contributed by atoms with Crippen LogP contribution < -0.4 is 5.56 Å². The molecule has 0 saturated carbocycles. The molecule has 1 aliphatic rings. The molecule has 0 bridgehead atoms. The Labute approximate surface area is 138 Å². The second kappa shape index (κ2) is 6.23. The van der Waals surface area contributed by atoms with Crippen LogP contribution in [0.25, 0.3) is 0 Å². The van der Waals surface area contributed by atoms with Crippen molar-refractivity contribution in [2.45, 2.75) is 23.7 Å². The van der Waals surface area contributed by atoms with Gasteiger partial charge in [0.2, 0.25) is 5.56 Å². The van der Waals surface area contributed by atoms with Gasteiger partial charge in [-0.25, -0.2) is 8.42 Å². The van der Waals surface area contributed by atoms with E-state index in [0.29, 0.717) is 18.8 Å². The zero-order chi connectivity index (χ0) is 17.3. The summed E-state index contributed by atoms with van der Waals surface area (Å²) in [5, 5.41) is 6.61. The first-order valence-electron chi connectivity index (χ1n) is 7.58. The number of sulfone groups is 1. The van der Waals surface area contributed by atoms with Gasteiger partial charge in [-0.15, -0.1) is 0 Å². The number of pyridine rings is 1. The van der Waals surface area contributed by atoms with E-state index in [2.05, 4.69) is 15.2 Å².